The lowest BCUT2D eigenvalue weighted by molar-refractivity contribution is 0.0600. The molecule has 202 valence electrons. The van der Waals surface area contributed by atoms with Crippen LogP contribution in [-0.2, 0) is 38.1 Å². The van der Waals surface area contributed by atoms with Crippen molar-refractivity contribution >= 4 is 17.6 Å². The number of nitrogens with one attached hydrogen (secondary N) is 1. The summed E-state index contributed by atoms with van der Waals surface area (Å²) in [5.41, 5.74) is 9.61. The number of hydrogen-bond acceptors (Lipinski definition) is 8. The largest absolute Gasteiger partial charge is 0.495 e. The lowest BCUT2D eigenvalue weighted by Gasteiger charge is -2.18. The van der Waals surface area contributed by atoms with E-state index in [4.69, 9.17) is 19.6 Å². The van der Waals surface area contributed by atoms with Gasteiger partial charge in [-0.05, 0) is 47.7 Å². The zero-order valence-electron chi connectivity index (χ0n) is 22.8. The molecular formula is C30H29N7O3. The Morgan fingerprint density at radius 1 is 1.05 bits per heavy atom. The van der Waals surface area contributed by atoms with Gasteiger partial charge < -0.3 is 14.8 Å². The minimum absolute atomic E-state index is 0.397. The Morgan fingerprint density at radius 3 is 2.70 bits per heavy atom. The first-order valence-corrected chi connectivity index (χ1v) is 13.0. The van der Waals surface area contributed by atoms with E-state index >= 15 is 0 Å². The fourth-order valence-corrected chi connectivity index (χ4v) is 5.17. The van der Waals surface area contributed by atoms with Gasteiger partial charge in [0.2, 0.25) is 5.95 Å². The first kappa shape index (κ1) is 25.3. The van der Waals surface area contributed by atoms with Crippen LogP contribution >= 0.6 is 0 Å². The van der Waals surface area contributed by atoms with Crippen LogP contribution in [0.25, 0.3) is 22.4 Å². The van der Waals surface area contributed by atoms with Crippen LogP contribution in [-0.4, -0.2) is 49.7 Å². The Hall–Kier alpha value is -4.99. The van der Waals surface area contributed by atoms with Crippen LogP contribution in [0, 0.1) is 0 Å². The average molecular weight is 536 g/mol. The first-order chi connectivity index (χ1) is 19.4. The molecule has 0 atom stereocenters. The van der Waals surface area contributed by atoms with E-state index in [9.17, 15) is 4.79 Å². The number of carbonyl (C=O) groups excluding carboxylic acids is 1. The Bertz CT molecular complexity index is 1740. The molecular weight excluding hydrogens is 506 g/mol. The summed E-state index contributed by atoms with van der Waals surface area (Å²) in [5.74, 6) is 0.488. The molecule has 1 aliphatic rings. The SMILES string of the molecule is COC(=O)c1ccc(Nc2ncc3c(n2)-c2c(nn(C)c2Cc2cccc(-c4cnn(C)c4)c2)CC3)c(OC)c1. The Kier molecular flexibility index (Phi) is 6.51. The maximum absolute atomic E-state index is 12.0. The fourth-order valence-electron chi connectivity index (χ4n) is 5.17. The molecule has 6 rings (SSSR count). The van der Waals surface area contributed by atoms with E-state index in [0.717, 1.165) is 52.2 Å². The van der Waals surface area contributed by atoms with Crippen molar-refractivity contribution in [2.75, 3.05) is 19.5 Å². The number of aryl methyl sites for hydroxylation is 4. The molecule has 0 amide bonds. The van der Waals surface area contributed by atoms with Crippen LogP contribution in [0.4, 0.5) is 11.6 Å². The number of benzene rings is 2. The van der Waals surface area contributed by atoms with Gasteiger partial charge in [-0.3, -0.25) is 9.36 Å². The Morgan fingerprint density at radius 2 is 1.93 bits per heavy atom. The minimum Gasteiger partial charge on any atom is -0.495 e. The van der Waals surface area contributed by atoms with Gasteiger partial charge in [0.1, 0.15) is 5.75 Å². The molecule has 0 unspecified atom stereocenters. The highest BCUT2D eigenvalue weighted by Crippen LogP contribution is 2.37. The number of hydrogen-bond donors (Lipinski definition) is 1. The number of carbonyl (C=O) groups is 1. The monoisotopic (exact) mass is 535 g/mol. The number of esters is 1. The zero-order chi connectivity index (χ0) is 27.8. The number of rotatable bonds is 7. The van der Waals surface area contributed by atoms with E-state index in [1.807, 2.05) is 42.0 Å². The second kappa shape index (κ2) is 10.3. The van der Waals surface area contributed by atoms with Gasteiger partial charge >= 0.3 is 5.97 Å². The lowest BCUT2D eigenvalue weighted by atomic mass is 9.91. The van der Waals surface area contributed by atoms with Crippen molar-refractivity contribution in [3.05, 3.63) is 89.1 Å². The van der Waals surface area contributed by atoms with Crippen molar-refractivity contribution in [1.82, 2.24) is 29.5 Å². The zero-order valence-corrected chi connectivity index (χ0v) is 22.8. The van der Waals surface area contributed by atoms with Crippen molar-refractivity contribution in [3.8, 4) is 28.1 Å². The fraction of sp³-hybridized carbons (Fsp3) is 0.233. The molecule has 0 aliphatic heterocycles. The summed E-state index contributed by atoms with van der Waals surface area (Å²) in [6, 6.07) is 13.6. The van der Waals surface area contributed by atoms with Gasteiger partial charge in [0, 0.05) is 44.0 Å². The number of ether oxygens (including phenoxy) is 2. The Labute approximate surface area is 231 Å². The second-order valence-corrected chi connectivity index (χ2v) is 9.77. The molecule has 5 aromatic rings. The van der Waals surface area contributed by atoms with Gasteiger partial charge in [0.15, 0.2) is 0 Å². The average Bonchev–Trinajstić information content (AvgIpc) is 3.55. The van der Waals surface area contributed by atoms with Crippen molar-refractivity contribution in [3.63, 3.8) is 0 Å². The summed E-state index contributed by atoms with van der Waals surface area (Å²) in [6.07, 6.45) is 8.15. The van der Waals surface area contributed by atoms with E-state index in [2.05, 4.69) is 39.7 Å². The third kappa shape index (κ3) is 4.68. The van der Waals surface area contributed by atoms with Gasteiger partial charge in [-0.25, -0.2) is 14.8 Å². The third-order valence-electron chi connectivity index (χ3n) is 7.18. The third-order valence-corrected chi connectivity index (χ3v) is 7.18. The normalized spacial score (nSPS) is 12.0. The molecule has 0 bridgehead atoms. The van der Waals surface area contributed by atoms with Gasteiger partial charge in [0.05, 0.1) is 48.7 Å². The van der Waals surface area contributed by atoms with Crippen LogP contribution in [0.5, 0.6) is 5.75 Å². The molecule has 10 heteroatoms. The molecule has 40 heavy (non-hydrogen) atoms. The summed E-state index contributed by atoms with van der Waals surface area (Å²) >= 11 is 0. The smallest absolute Gasteiger partial charge is 0.337 e. The molecule has 3 aromatic heterocycles. The summed E-state index contributed by atoms with van der Waals surface area (Å²) in [6.45, 7) is 0. The number of methoxy groups -OCH3 is 2. The lowest BCUT2D eigenvalue weighted by Crippen LogP contribution is -2.10. The highest BCUT2D eigenvalue weighted by molar-refractivity contribution is 5.91. The van der Waals surface area contributed by atoms with Crippen LogP contribution in [0.3, 0.4) is 0 Å². The van der Waals surface area contributed by atoms with Gasteiger partial charge in [-0.15, -0.1) is 0 Å². The molecule has 1 aliphatic carbocycles. The predicted octanol–water partition coefficient (Wildman–Crippen LogP) is 4.51. The van der Waals surface area contributed by atoms with Crippen molar-refractivity contribution < 1.29 is 14.3 Å². The molecule has 10 nitrogen and oxygen atoms in total. The topological polar surface area (TPSA) is 109 Å². The van der Waals surface area contributed by atoms with E-state index in [-0.39, 0.29) is 0 Å². The Balaban J connectivity index is 1.34. The summed E-state index contributed by atoms with van der Waals surface area (Å²) in [7, 11) is 6.81. The molecule has 0 saturated heterocycles. The molecule has 0 radical (unpaired) electrons. The van der Waals surface area contributed by atoms with Crippen LogP contribution in [0.15, 0.2) is 61.1 Å². The maximum Gasteiger partial charge on any atom is 0.337 e. The van der Waals surface area contributed by atoms with Gasteiger partial charge in [-0.2, -0.15) is 10.2 Å². The standard InChI is InChI=1S/C30H29N7O3/c1-36-17-22(16-32-36)19-7-5-6-18(12-19)13-25-27-24(35-37(25)2)11-9-21-15-31-30(34-28(21)27)33-23-10-8-20(29(38)40-4)14-26(23)39-3/h5-8,10,12,14-17H,9,11,13H2,1-4H3,(H,31,33,34). The minimum atomic E-state index is -0.433. The van der Waals surface area contributed by atoms with Crippen molar-refractivity contribution in [2.45, 2.75) is 19.3 Å². The van der Waals surface area contributed by atoms with E-state index in [1.165, 1.54) is 12.7 Å². The molecule has 0 fully saturated rings. The predicted molar refractivity (Wildman–Crippen MR) is 151 cm³/mol. The first-order valence-electron chi connectivity index (χ1n) is 13.0. The summed E-state index contributed by atoms with van der Waals surface area (Å²) in [4.78, 5) is 21.5. The number of aromatic nitrogens is 6. The van der Waals surface area contributed by atoms with E-state index in [0.29, 0.717) is 29.4 Å². The van der Waals surface area contributed by atoms with Crippen LogP contribution in [0.1, 0.15) is 32.9 Å². The summed E-state index contributed by atoms with van der Waals surface area (Å²) < 4.78 is 14.1. The maximum atomic E-state index is 12.0. The molecule has 1 N–H and O–H groups in total. The number of anilines is 2. The molecule has 0 spiro atoms. The number of fused-ring (bicyclic) bond motifs is 3. The van der Waals surface area contributed by atoms with Gasteiger partial charge in [0.25, 0.3) is 0 Å². The van der Waals surface area contributed by atoms with Crippen molar-refractivity contribution in [2.24, 2.45) is 14.1 Å². The van der Waals surface area contributed by atoms with Crippen LogP contribution in [0.2, 0.25) is 0 Å². The van der Waals surface area contributed by atoms with E-state index in [1.54, 1.807) is 25.3 Å². The number of nitrogens with zero attached hydrogens (tertiary/aromatic N) is 6. The summed E-state index contributed by atoms with van der Waals surface area (Å²) in [5, 5.41) is 12.4. The highest BCUT2D eigenvalue weighted by Gasteiger charge is 2.26. The second-order valence-electron chi connectivity index (χ2n) is 9.77. The molecule has 2 aromatic carbocycles. The highest BCUT2D eigenvalue weighted by atomic mass is 16.5. The van der Waals surface area contributed by atoms with E-state index < -0.39 is 5.97 Å². The van der Waals surface area contributed by atoms with Gasteiger partial charge in [-0.1, -0.05) is 24.3 Å². The molecule has 0 saturated carbocycles. The van der Waals surface area contributed by atoms with Crippen molar-refractivity contribution in [1.29, 1.82) is 0 Å². The molecule has 3 heterocycles. The quantitative estimate of drug-likeness (QED) is 0.303. The van der Waals surface area contributed by atoms with Crippen LogP contribution < -0.4 is 10.1 Å².